The van der Waals surface area contributed by atoms with Crippen molar-refractivity contribution in [3.8, 4) is 5.75 Å². The first-order valence-electron chi connectivity index (χ1n) is 7.13. The molecule has 1 aromatic carbocycles. The Morgan fingerprint density at radius 2 is 2.00 bits per heavy atom. The second-order valence-corrected chi connectivity index (χ2v) is 9.00. The molecule has 2 rings (SSSR count). The van der Waals surface area contributed by atoms with E-state index >= 15 is 0 Å². The van der Waals surface area contributed by atoms with Crippen LogP contribution in [0.1, 0.15) is 18.6 Å². The van der Waals surface area contributed by atoms with Crippen LogP contribution in [-0.2, 0) is 4.74 Å². The molecule has 1 aromatic rings. The molecular formula is C18H24O3S. The van der Waals surface area contributed by atoms with Crippen molar-refractivity contribution >= 4 is 10.0 Å². The Balaban J connectivity index is 2.63. The fourth-order valence-corrected chi connectivity index (χ4v) is 4.90. The molecule has 1 atom stereocenters. The van der Waals surface area contributed by atoms with Gasteiger partial charge in [-0.25, -0.2) is 0 Å². The van der Waals surface area contributed by atoms with Gasteiger partial charge in [0.2, 0.25) is 0 Å². The van der Waals surface area contributed by atoms with Crippen LogP contribution < -0.4 is 4.74 Å². The first-order valence-corrected chi connectivity index (χ1v) is 9.64. The van der Waals surface area contributed by atoms with Crippen molar-refractivity contribution in [1.82, 2.24) is 0 Å². The van der Waals surface area contributed by atoms with Crippen molar-refractivity contribution in [3.05, 3.63) is 58.7 Å². The standard InChI is InChI=1S/C18H24O3S/c1-6-7-9-14(20-2)13-12-22(4,5)16-11-8-10-15(21-3)17(16)18(13)19/h6-12,18-19H,1-5H3/b7-6-,14-9+. The molecule has 0 radical (unpaired) electrons. The topological polar surface area (TPSA) is 38.7 Å². The van der Waals surface area contributed by atoms with Crippen molar-refractivity contribution in [1.29, 1.82) is 0 Å². The highest BCUT2D eigenvalue weighted by molar-refractivity contribution is 8.35. The molecule has 0 bridgehead atoms. The lowest BCUT2D eigenvalue weighted by molar-refractivity contribution is 0.190. The van der Waals surface area contributed by atoms with E-state index in [0.29, 0.717) is 5.76 Å². The van der Waals surface area contributed by atoms with Crippen LogP contribution >= 0.6 is 10.0 Å². The van der Waals surface area contributed by atoms with Crippen LogP contribution in [0, 0.1) is 0 Å². The summed E-state index contributed by atoms with van der Waals surface area (Å²) in [4.78, 5) is 1.16. The van der Waals surface area contributed by atoms with E-state index in [4.69, 9.17) is 9.47 Å². The third-order valence-corrected chi connectivity index (χ3v) is 6.08. The predicted molar refractivity (Wildman–Crippen MR) is 93.6 cm³/mol. The molecule has 22 heavy (non-hydrogen) atoms. The third kappa shape index (κ3) is 2.94. The zero-order valence-corrected chi connectivity index (χ0v) is 14.6. The summed E-state index contributed by atoms with van der Waals surface area (Å²) in [6.07, 6.45) is 9.39. The van der Waals surface area contributed by atoms with Gasteiger partial charge < -0.3 is 14.6 Å². The molecule has 1 aliphatic heterocycles. The summed E-state index contributed by atoms with van der Waals surface area (Å²) in [5, 5.41) is 13.0. The van der Waals surface area contributed by atoms with Gasteiger partial charge in [0, 0.05) is 16.0 Å². The van der Waals surface area contributed by atoms with Crippen molar-refractivity contribution in [3.63, 3.8) is 0 Å². The zero-order chi connectivity index (χ0) is 16.3. The van der Waals surface area contributed by atoms with Crippen LogP contribution in [0.15, 0.2) is 58.1 Å². The molecule has 0 amide bonds. The zero-order valence-electron chi connectivity index (χ0n) is 13.8. The van der Waals surface area contributed by atoms with Crippen LogP contribution in [-0.4, -0.2) is 31.8 Å². The average Bonchev–Trinajstić information content (AvgIpc) is 2.51. The molecule has 120 valence electrons. The van der Waals surface area contributed by atoms with Crippen molar-refractivity contribution in [2.45, 2.75) is 17.9 Å². The largest absolute Gasteiger partial charge is 0.496 e. The number of hydrogen-bond donors (Lipinski definition) is 1. The van der Waals surface area contributed by atoms with Crippen LogP contribution in [0.4, 0.5) is 0 Å². The molecule has 1 unspecified atom stereocenters. The SMILES string of the molecule is C/C=C\C=C(\OC)C1=CS(C)(C)c2cccc(OC)c2C1O. The minimum atomic E-state index is -1.18. The molecule has 0 fully saturated rings. The highest BCUT2D eigenvalue weighted by Gasteiger charge is 2.33. The predicted octanol–water partition coefficient (Wildman–Crippen LogP) is 4.16. The lowest BCUT2D eigenvalue weighted by Gasteiger charge is -2.38. The normalized spacial score (nSPS) is 22.0. The van der Waals surface area contributed by atoms with E-state index in [1.54, 1.807) is 14.2 Å². The Bertz CT molecular complexity index is 642. The number of fused-ring (bicyclic) bond motifs is 1. The third-order valence-electron chi connectivity index (χ3n) is 3.75. The molecule has 0 aromatic heterocycles. The van der Waals surface area contributed by atoms with E-state index in [1.807, 2.05) is 37.3 Å². The van der Waals surface area contributed by atoms with E-state index in [1.165, 1.54) is 0 Å². The van der Waals surface area contributed by atoms with Gasteiger partial charge in [-0.2, -0.15) is 10.0 Å². The molecule has 0 saturated carbocycles. The summed E-state index contributed by atoms with van der Waals surface area (Å²) in [7, 11) is 2.08. The quantitative estimate of drug-likeness (QED) is 0.669. The number of aliphatic hydroxyl groups is 1. The van der Waals surface area contributed by atoms with Gasteiger partial charge in [-0.15, -0.1) is 0 Å². The van der Waals surface area contributed by atoms with Gasteiger partial charge in [0.25, 0.3) is 0 Å². The average molecular weight is 320 g/mol. The fourth-order valence-electron chi connectivity index (χ4n) is 2.69. The van der Waals surface area contributed by atoms with E-state index in [-0.39, 0.29) is 0 Å². The fraction of sp³-hybridized carbons (Fsp3) is 0.333. The summed E-state index contributed by atoms with van der Waals surface area (Å²) in [5.41, 5.74) is 1.66. The molecule has 1 aliphatic rings. The van der Waals surface area contributed by atoms with Gasteiger partial charge >= 0.3 is 0 Å². The van der Waals surface area contributed by atoms with E-state index in [0.717, 1.165) is 21.8 Å². The summed E-state index contributed by atoms with van der Waals surface area (Å²) >= 11 is 0. The Labute approximate surface area is 134 Å². The summed E-state index contributed by atoms with van der Waals surface area (Å²) in [6.45, 7) is 1.95. The first-order chi connectivity index (χ1) is 10.5. The van der Waals surface area contributed by atoms with E-state index in [9.17, 15) is 5.11 Å². The Kier molecular flexibility index (Phi) is 5.04. The number of benzene rings is 1. The molecule has 0 saturated heterocycles. The number of aliphatic hydroxyl groups excluding tert-OH is 1. The number of hydrogen-bond acceptors (Lipinski definition) is 3. The highest BCUT2D eigenvalue weighted by Crippen LogP contribution is 2.60. The van der Waals surface area contributed by atoms with E-state index in [2.05, 4.69) is 24.0 Å². The molecule has 3 nitrogen and oxygen atoms in total. The van der Waals surface area contributed by atoms with Crippen molar-refractivity contribution in [2.75, 3.05) is 26.7 Å². The maximum Gasteiger partial charge on any atom is 0.126 e. The Hall–Kier alpha value is -1.65. The minimum absolute atomic E-state index is 0.683. The van der Waals surface area contributed by atoms with Gasteiger partial charge in [0.05, 0.1) is 14.2 Å². The number of rotatable bonds is 4. The summed E-state index contributed by atoms with van der Waals surface area (Å²) in [5.74, 6) is 1.40. The molecule has 1 N–H and O–H groups in total. The van der Waals surface area contributed by atoms with Crippen LogP contribution in [0.25, 0.3) is 0 Å². The first kappa shape index (κ1) is 16.7. The number of allylic oxidation sites excluding steroid dienone is 3. The van der Waals surface area contributed by atoms with Crippen molar-refractivity contribution in [2.24, 2.45) is 0 Å². The maximum atomic E-state index is 10.9. The van der Waals surface area contributed by atoms with Crippen LogP contribution in [0.2, 0.25) is 0 Å². The molecule has 0 aliphatic carbocycles. The second kappa shape index (κ2) is 6.63. The van der Waals surface area contributed by atoms with Gasteiger partial charge in [-0.05, 0) is 43.1 Å². The lowest BCUT2D eigenvalue weighted by atomic mass is 9.99. The second-order valence-electron chi connectivity index (χ2n) is 5.51. The summed E-state index contributed by atoms with van der Waals surface area (Å²) in [6, 6.07) is 5.94. The van der Waals surface area contributed by atoms with Gasteiger partial charge in [-0.3, -0.25) is 0 Å². The molecular weight excluding hydrogens is 296 g/mol. The summed E-state index contributed by atoms with van der Waals surface area (Å²) < 4.78 is 11.0. The molecule has 0 spiro atoms. The van der Waals surface area contributed by atoms with E-state index < -0.39 is 16.1 Å². The van der Waals surface area contributed by atoms with Gasteiger partial charge in [0.1, 0.15) is 17.6 Å². The molecule has 1 heterocycles. The Morgan fingerprint density at radius 1 is 1.27 bits per heavy atom. The van der Waals surface area contributed by atoms with Crippen molar-refractivity contribution < 1.29 is 14.6 Å². The lowest BCUT2D eigenvalue weighted by Crippen LogP contribution is -2.16. The Morgan fingerprint density at radius 3 is 2.59 bits per heavy atom. The maximum absolute atomic E-state index is 10.9. The molecule has 4 heteroatoms. The van der Waals surface area contributed by atoms with Crippen LogP contribution in [0.3, 0.4) is 0 Å². The van der Waals surface area contributed by atoms with Gasteiger partial charge in [-0.1, -0.05) is 18.2 Å². The monoisotopic (exact) mass is 320 g/mol. The number of methoxy groups -OCH3 is 2. The minimum Gasteiger partial charge on any atom is -0.496 e. The van der Waals surface area contributed by atoms with Gasteiger partial charge in [0.15, 0.2) is 0 Å². The highest BCUT2D eigenvalue weighted by atomic mass is 32.3. The van der Waals surface area contributed by atoms with Crippen LogP contribution in [0.5, 0.6) is 5.75 Å². The smallest absolute Gasteiger partial charge is 0.126 e. The number of ether oxygens (including phenoxy) is 2.